The molecule has 7 nitrogen and oxygen atoms in total. The van der Waals surface area contributed by atoms with Gasteiger partial charge in [-0.3, -0.25) is 13.9 Å². The molecule has 0 saturated carbocycles. The van der Waals surface area contributed by atoms with Crippen LogP contribution in [0, 0.1) is 3.57 Å². The Hall–Kier alpha value is -2.34. The smallest absolute Gasteiger partial charge is 0.264 e. The number of amides is 2. The summed E-state index contributed by atoms with van der Waals surface area (Å²) in [6.45, 7) is 4.95. The summed E-state index contributed by atoms with van der Waals surface area (Å²) in [6.07, 6.45) is 0.717. The van der Waals surface area contributed by atoms with Crippen LogP contribution in [0.1, 0.15) is 32.8 Å². The number of halogens is 3. The normalized spacial score (nSPS) is 12.9. The number of hydrogen-bond acceptors (Lipinski definition) is 4. The van der Waals surface area contributed by atoms with Crippen LogP contribution in [0.4, 0.5) is 5.69 Å². The summed E-state index contributed by atoms with van der Waals surface area (Å²) in [5.41, 5.74) is 0.978. The van der Waals surface area contributed by atoms with E-state index in [9.17, 15) is 18.0 Å². The first-order valence-electron chi connectivity index (χ1n) is 12.3. The summed E-state index contributed by atoms with van der Waals surface area (Å²) in [7, 11) is -4.11. The van der Waals surface area contributed by atoms with Crippen LogP contribution in [0.5, 0.6) is 0 Å². The number of sulfonamides is 1. The van der Waals surface area contributed by atoms with Crippen LogP contribution in [-0.2, 0) is 26.2 Å². The average molecular weight is 702 g/mol. The zero-order valence-corrected chi connectivity index (χ0v) is 26.3. The van der Waals surface area contributed by atoms with E-state index >= 15 is 0 Å². The summed E-state index contributed by atoms with van der Waals surface area (Å²) in [4.78, 5) is 28.4. The molecule has 0 spiro atoms. The largest absolute Gasteiger partial charge is 0.352 e. The SMILES string of the molecule is CC[C@@H](C)NC(=O)[C@H](C)N(Cc1ccc(Cl)c(Cl)c1)C(=O)CN(c1ccc(I)cc1)S(=O)(=O)c1ccccc1. The van der Waals surface area contributed by atoms with Crippen molar-refractivity contribution in [3.8, 4) is 0 Å². The number of nitrogens with one attached hydrogen (secondary N) is 1. The van der Waals surface area contributed by atoms with Crippen molar-refractivity contribution in [3.63, 3.8) is 0 Å². The quantitative estimate of drug-likeness (QED) is 0.244. The maximum atomic E-state index is 13.9. The van der Waals surface area contributed by atoms with E-state index in [4.69, 9.17) is 23.2 Å². The van der Waals surface area contributed by atoms with E-state index in [1.54, 1.807) is 67.6 Å². The third-order valence-electron chi connectivity index (χ3n) is 6.23. The number of nitrogens with zero attached hydrogens (tertiary/aromatic N) is 2. The molecule has 0 aliphatic heterocycles. The Morgan fingerprint density at radius 1 is 0.949 bits per heavy atom. The number of rotatable bonds is 11. The predicted molar refractivity (Wildman–Crippen MR) is 165 cm³/mol. The monoisotopic (exact) mass is 701 g/mol. The molecule has 0 aliphatic rings. The minimum absolute atomic E-state index is 0.0245. The van der Waals surface area contributed by atoms with Gasteiger partial charge in [0.05, 0.1) is 20.6 Å². The Balaban J connectivity index is 2.02. The predicted octanol–water partition coefficient (Wildman–Crippen LogP) is 6.13. The van der Waals surface area contributed by atoms with E-state index in [2.05, 4.69) is 27.9 Å². The molecule has 2 atom stereocenters. The maximum absolute atomic E-state index is 13.9. The average Bonchev–Trinajstić information content (AvgIpc) is 2.92. The maximum Gasteiger partial charge on any atom is 0.264 e. The van der Waals surface area contributed by atoms with Gasteiger partial charge in [0.2, 0.25) is 11.8 Å². The third kappa shape index (κ3) is 8.09. The minimum atomic E-state index is -4.11. The van der Waals surface area contributed by atoms with Gasteiger partial charge in [-0.1, -0.05) is 54.4 Å². The van der Waals surface area contributed by atoms with Gasteiger partial charge < -0.3 is 10.2 Å². The molecule has 11 heteroatoms. The highest BCUT2D eigenvalue weighted by atomic mass is 127. The summed E-state index contributed by atoms with van der Waals surface area (Å²) < 4.78 is 29.5. The molecule has 0 saturated heterocycles. The molecular formula is C28H30Cl2IN3O4S. The standard InChI is InChI=1S/C28H30Cl2IN3O4S/c1-4-19(2)32-28(36)20(3)33(17-21-10-15-25(29)26(30)16-21)27(35)18-34(23-13-11-22(31)12-14-23)39(37,38)24-8-6-5-7-9-24/h5-16,19-20H,4,17-18H2,1-3H3,(H,32,36)/t19-,20+/m1/s1. The van der Waals surface area contributed by atoms with Crippen LogP contribution in [0.25, 0.3) is 0 Å². The lowest BCUT2D eigenvalue weighted by Gasteiger charge is -2.32. The summed E-state index contributed by atoms with van der Waals surface area (Å²) in [6, 6.07) is 18.7. The number of hydrogen-bond donors (Lipinski definition) is 1. The topological polar surface area (TPSA) is 86.8 Å². The second kappa shape index (κ2) is 13.8. The van der Waals surface area contributed by atoms with Gasteiger partial charge in [0.25, 0.3) is 10.0 Å². The molecule has 39 heavy (non-hydrogen) atoms. The molecule has 3 aromatic rings. The highest BCUT2D eigenvalue weighted by Crippen LogP contribution is 2.27. The molecule has 3 rings (SSSR count). The van der Waals surface area contributed by atoms with Crippen molar-refractivity contribution in [2.45, 2.75) is 50.7 Å². The van der Waals surface area contributed by atoms with Crippen LogP contribution >= 0.6 is 45.8 Å². The van der Waals surface area contributed by atoms with E-state index in [0.717, 1.165) is 14.3 Å². The summed E-state index contributed by atoms with van der Waals surface area (Å²) >= 11 is 14.4. The van der Waals surface area contributed by atoms with Crippen molar-refractivity contribution in [3.05, 3.63) is 92.0 Å². The first-order valence-corrected chi connectivity index (χ1v) is 15.6. The van der Waals surface area contributed by atoms with Crippen LogP contribution in [-0.4, -0.2) is 43.8 Å². The molecule has 0 aliphatic carbocycles. The summed E-state index contributed by atoms with van der Waals surface area (Å²) in [5, 5.41) is 3.58. The Bertz CT molecular complexity index is 1410. The van der Waals surface area contributed by atoms with Crippen molar-refractivity contribution in [1.29, 1.82) is 0 Å². The number of benzene rings is 3. The second-order valence-electron chi connectivity index (χ2n) is 9.07. The second-order valence-corrected chi connectivity index (χ2v) is 13.0. The molecule has 0 heterocycles. The zero-order valence-electron chi connectivity index (χ0n) is 21.8. The van der Waals surface area contributed by atoms with Gasteiger partial charge in [-0.25, -0.2) is 8.42 Å². The highest BCUT2D eigenvalue weighted by molar-refractivity contribution is 14.1. The van der Waals surface area contributed by atoms with E-state index in [1.165, 1.54) is 17.0 Å². The molecule has 0 bridgehead atoms. The number of carbonyl (C=O) groups excluding carboxylic acids is 2. The first-order chi connectivity index (χ1) is 18.4. The van der Waals surface area contributed by atoms with Crippen LogP contribution < -0.4 is 9.62 Å². The lowest BCUT2D eigenvalue weighted by Crippen LogP contribution is -2.52. The Labute approximate surface area is 253 Å². The fourth-order valence-corrected chi connectivity index (χ4v) is 5.85. The number of carbonyl (C=O) groups is 2. The fraction of sp³-hybridized carbons (Fsp3) is 0.286. The summed E-state index contributed by atoms with van der Waals surface area (Å²) in [5.74, 6) is -0.893. The third-order valence-corrected chi connectivity index (χ3v) is 9.48. The Morgan fingerprint density at radius 3 is 2.18 bits per heavy atom. The van der Waals surface area contributed by atoms with Gasteiger partial charge in [0.1, 0.15) is 12.6 Å². The van der Waals surface area contributed by atoms with Crippen molar-refractivity contribution in [2.24, 2.45) is 0 Å². The van der Waals surface area contributed by atoms with Crippen LogP contribution in [0.15, 0.2) is 77.7 Å². The van der Waals surface area contributed by atoms with Crippen molar-refractivity contribution < 1.29 is 18.0 Å². The van der Waals surface area contributed by atoms with E-state index < -0.39 is 28.5 Å². The van der Waals surface area contributed by atoms with Crippen molar-refractivity contribution >= 4 is 73.3 Å². The van der Waals surface area contributed by atoms with E-state index in [1.807, 2.05) is 13.8 Å². The molecule has 1 N–H and O–H groups in total. The van der Waals surface area contributed by atoms with Crippen LogP contribution in [0.3, 0.4) is 0 Å². The molecule has 208 valence electrons. The molecule has 2 amide bonds. The van der Waals surface area contributed by atoms with Gasteiger partial charge in [-0.15, -0.1) is 0 Å². The van der Waals surface area contributed by atoms with Gasteiger partial charge in [-0.05, 0) is 97.0 Å². The van der Waals surface area contributed by atoms with E-state index in [-0.39, 0.29) is 23.4 Å². The van der Waals surface area contributed by atoms with Crippen LogP contribution in [0.2, 0.25) is 10.0 Å². The van der Waals surface area contributed by atoms with E-state index in [0.29, 0.717) is 21.3 Å². The molecular weight excluding hydrogens is 672 g/mol. The molecule has 0 radical (unpaired) electrons. The van der Waals surface area contributed by atoms with Gasteiger partial charge in [0, 0.05) is 16.2 Å². The van der Waals surface area contributed by atoms with Crippen molar-refractivity contribution in [1.82, 2.24) is 10.2 Å². The van der Waals surface area contributed by atoms with Gasteiger partial charge in [-0.2, -0.15) is 0 Å². The lowest BCUT2D eigenvalue weighted by atomic mass is 10.1. The zero-order chi connectivity index (χ0) is 28.7. The number of anilines is 1. The highest BCUT2D eigenvalue weighted by Gasteiger charge is 2.32. The lowest BCUT2D eigenvalue weighted by molar-refractivity contribution is -0.139. The fourth-order valence-electron chi connectivity index (χ4n) is 3.74. The Morgan fingerprint density at radius 2 is 1.59 bits per heavy atom. The molecule has 0 aromatic heterocycles. The molecule has 3 aromatic carbocycles. The molecule has 0 fully saturated rings. The van der Waals surface area contributed by atoms with Gasteiger partial charge >= 0.3 is 0 Å². The van der Waals surface area contributed by atoms with Gasteiger partial charge in [0.15, 0.2) is 0 Å². The van der Waals surface area contributed by atoms with Crippen molar-refractivity contribution in [2.75, 3.05) is 10.8 Å². The minimum Gasteiger partial charge on any atom is -0.352 e. The molecule has 0 unspecified atom stereocenters. The first kappa shape index (κ1) is 31.2. The Kier molecular flexibility index (Phi) is 11.1.